The number of hydrogen-bond donors (Lipinski definition) is 1. The lowest BCUT2D eigenvalue weighted by molar-refractivity contribution is -0.132. The fourth-order valence-electron chi connectivity index (χ4n) is 3.50. The Bertz CT molecular complexity index is 634. The number of likely N-dealkylation sites (tertiary alicyclic amines) is 1. The van der Waals surface area contributed by atoms with Crippen LogP contribution >= 0.6 is 11.6 Å². The van der Waals surface area contributed by atoms with Crippen molar-refractivity contribution in [1.29, 1.82) is 0 Å². The van der Waals surface area contributed by atoms with Crippen LogP contribution in [0, 0.1) is 5.92 Å². The van der Waals surface area contributed by atoms with Crippen LogP contribution in [-0.2, 0) is 9.59 Å². The van der Waals surface area contributed by atoms with Crippen molar-refractivity contribution in [3.8, 4) is 5.75 Å². The Morgan fingerprint density at radius 2 is 2.17 bits per heavy atom. The molecule has 2 N–H and O–H groups in total. The largest absolute Gasteiger partial charge is 0.487 e. The van der Waals surface area contributed by atoms with Crippen LogP contribution in [0.3, 0.4) is 0 Å². The molecule has 0 aliphatic carbocycles. The van der Waals surface area contributed by atoms with E-state index < -0.39 is 17.9 Å². The molecule has 0 unspecified atom stereocenters. The third-order valence-electron chi connectivity index (χ3n) is 4.67. The van der Waals surface area contributed by atoms with Crippen LogP contribution in [0.5, 0.6) is 5.75 Å². The number of nitrogens with zero attached hydrogens (tertiary/aromatic N) is 1. The number of hydrogen-bond acceptors (Lipinski definition) is 3. The van der Waals surface area contributed by atoms with Crippen molar-refractivity contribution in [2.24, 2.45) is 11.7 Å². The molecule has 124 valence electrons. The molecule has 1 saturated heterocycles. The van der Waals surface area contributed by atoms with Gasteiger partial charge in [0.05, 0.1) is 12.0 Å². The van der Waals surface area contributed by atoms with E-state index in [-0.39, 0.29) is 11.9 Å². The van der Waals surface area contributed by atoms with E-state index in [1.807, 2.05) is 6.07 Å². The second-order valence-corrected chi connectivity index (χ2v) is 6.66. The SMILES string of the molecule is CCCCCC(=O)N1C[C@@H](C(N)=O)[C@@H]2Oc3ccc(Cl)cc3[C@@H]21. The van der Waals surface area contributed by atoms with Gasteiger partial charge < -0.3 is 15.4 Å². The summed E-state index contributed by atoms with van der Waals surface area (Å²) in [4.78, 5) is 26.1. The van der Waals surface area contributed by atoms with Crippen LogP contribution < -0.4 is 10.5 Å². The maximum atomic E-state index is 12.6. The Labute approximate surface area is 140 Å². The van der Waals surface area contributed by atoms with Crippen LogP contribution in [0.1, 0.15) is 44.2 Å². The number of amides is 2. The molecule has 0 aromatic heterocycles. The first kappa shape index (κ1) is 16.1. The van der Waals surface area contributed by atoms with Crippen LogP contribution in [0.2, 0.25) is 5.02 Å². The van der Waals surface area contributed by atoms with Gasteiger partial charge in [-0.2, -0.15) is 0 Å². The summed E-state index contributed by atoms with van der Waals surface area (Å²) in [6, 6.07) is 5.08. The lowest BCUT2D eigenvalue weighted by Gasteiger charge is -2.23. The smallest absolute Gasteiger partial charge is 0.226 e. The van der Waals surface area contributed by atoms with E-state index in [0.717, 1.165) is 24.8 Å². The molecule has 2 amide bonds. The van der Waals surface area contributed by atoms with E-state index in [4.69, 9.17) is 22.1 Å². The molecule has 0 saturated carbocycles. The number of carbonyl (C=O) groups is 2. The van der Waals surface area contributed by atoms with Crippen LogP contribution in [0.15, 0.2) is 18.2 Å². The van der Waals surface area contributed by atoms with Crippen molar-refractivity contribution in [3.63, 3.8) is 0 Å². The third-order valence-corrected chi connectivity index (χ3v) is 4.91. The topological polar surface area (TPSA) is 72.6 Å². The Balaban J connectivity index is 1.88. The molecule has 3 atom stereocenters. The molecule has 2 aliphatic rings. The van der Waals surface area contributed by atoms with Crippen LogP contribution in [0.4, 0.5) is 0 Å². The van der Waals surface area contributed by atoms with Gasteiger partial charge in [-0.3, -0.25) is 9.59 Å². The molecule has 1 fully saturated rings. The maximum Gasteiger partial charge on any atom is 0.226 e. The highest BCUT2D eigenvalue weighted by Gasteiger charge is 2.52. The molecule has 6 heteroatoms. The van der Waals surface area contributed by atoms with Crippen molar-refractivity contribution in [2.75, 3.05) is 6.54 Å². The number of ether oxygens (including phenoxy) is 1. The van der Waals surface area contributed by atoms with E-state index in [1.165, 1.54) is 0 Å². The fraction of sp³-hybridized carbons (Fsp3) is 0.529. The van der Waals surface area contributed by atoms with Gasteiger partial charge in [0.2, 0.25) is 11.8 Å². The number of nitrogens with two attached hydrogens (primary N) is 1. The number of unbranched alkanes of at least 4 members (excludes halogenated alkanes) is 2. The highest BCUT2D eigenvalue weighted by molar-refractivity contribution is 6.30. The first-order valence-electron chi connectivity index (χ1n) is 8.07. The van der Waals surface area contributed by atoms with E-state index in [2.05, 4.69) is 6.92 Å². The predicted molar refractivity (Wildman–Crippen MR) is 87.1 cm³/mol. The van der Waals surface area contributed by atoms with Gasteiger partial charge in [0, 0.05) is 23.6 Å². The number of halogens is 1. The van der Waals surface area contributed by atoms with Crippen molar-refractivity contribution in [2.45, 2.75) is 44.8 Å². The molecular formula is C17H21ClN2O3. The molecule has 0 spiro atoms. The summed E-state index contributed by atoms with van der Waals surface area (Å²) >= 11 is 6.09. The third kappa shape index (κ3) is 2.90. The number of carbonyl (C=O) groups excluding carboxylic acids is 2. The van der Waals surface area contributed by atoms with Gasteiger partial charge >= 0.3 is 0 Å². The summed E-state index contributed by atoms with van der Waals surface area (Å²) in [6.45, 7) is 2.42. The van der Waals surface area contributed by atoms with E-state index in [1.54, 1.807) is 17.0 Å². The van der Waals surface area contributed by atoms with Gasteiger partial charge in [-0.1, -0.05) is 31.4 Å². The summed E-state index contributed by atoms with van der Waals surface area (Å²) in [5.74, 6) is -0.181. The van der Waals surface area contributed by atoms with Crippen molar-refractivity contribution in [1.82, 2.24) is 4.90 Å². The second kappa shape index (κ2) is 6.40. The minimum atomic E-state index is -0.485. The molecule has 2 heterocycles. The summed E-state index contributed by atoms with van der Waals surface area (Å²) in [6.07, 6.45) is 3.01. The number of benzene rings is 1. The van der Waals surface area contributed by atoms with E-state index >= 15 is 0 Å². The second-order valence-electron chi connectivity index (χ2n) is 6.22. The van der Waals surface area contributed by atoms with Gasteiger partial charge in [0.15, 0.2) is 0 Å². The number of primary amides is 1. The molecule has 5 nitrogen and oxygen atoms in total. The Kier molecular flexibility index (Phi) is 4.48. The quantitative estimate of drug-likeness (QED) is 0.840. The zero-order valence-electron chi connectivity index (χ0n) is 13.1. The molecule has 1 aromatic carbocycles. The number of rotatable bonds is 5. The maximum absolute atomic E-state index is 12.6. The summed E-state index contributed by atoms with van der Waals surface area (Å²) in [7, 11) is 0. The first-order valence-corrected chi connectivity index (χ1v) is 8.45. The number of fused-ring (bicyclic) bond motifs is 3. The van der Waals surface area contributed by atoms with Crippen molar-refractivity contribution < 1.29 is 14.3 Å². The molecule has 2 aliphatic heterocycles. The molecule has 0 radical (unpaired) electrons. The van der Waals surface area contributed by atoms with Gasteiger partial charge in [-0.15, -0.1) is 0 Å². The Hall–Kier alpha value is -1.75. The zero-order valence-corrected chi connectivity index (χ0v) is 13.9. The lowest BCUT2D eigenvalue weighted by atomic mass is 9.98. The summed E-state index contributed by atoms with van der Waals surface area (Å²) in [5.41, 5.74) is 6.39. The minimum absolute atomic E-state index is 0.0497. The molecular weight excluding hydrogens is 316 g/mol. The minimum Gasteiger partial charge on any atom is -0.487 e. The highest BCUT2D eigenvalue weighted by Crippen LogP contribution is 2.48. The van der Waals surface area contributed by atoms with Crippen LogP contribution in [-0.4, -0.2) is 29.4 Å². The van der Waals surface area contributed by atoms with Crippen LogP contribution in [0.25, 0.3) is 0 Å². The standard InChI is InChI=1S/C17H21ClN2O3/c1-2-3-4-5-14(21)20-9-12(17(19)22)16-15(20)11-8-10(18)6-7-13(11)23-16/h6-8,12,15-16H,2-5,9H2,1H3,(H2,19,22)/t12-,15+,16+/m1/s1. The molecule has 0 bridgehead atoms. The molecule has 3 rings (SSSR count). The van der Waals surface area contributed by atoms with Crippen molar-refractivity contribution in [3.05, 3.63) is 28.8 Å². The normalized spacial score (nSPS) is 25.0. The monoisotopic (exact) mass is 336 g/mol. The van der Waals surface area contributed by atoms with E-state index in [0.29, 0.717) is 23.7 Å². The first-order chi connectivity index (χ1) is 11.0. The fourth-order valence-corrected chi connectivity index (χ4v) is 3.68. The summed E-state index contributed by atoms with van der Waals surface area (Å²) < 4.78 is 5.91. The zero-order chi connectivity index (χ0) is 16.6. The van der Waals surface area contributed by atoms with Gasteiger partial charge in [0.25, 0.3) is 0 Å². The van der Waals surface area contributed by atoms with Gasteiger partial charge in [0.1, 0.15) is 11.9 Å². The Morgan fingerprint density at radius 3 is 2.87 bits per heavy atom. The van der Waals surface area contributed by atoms with Gasteiger partial charge in [-0.25, -0.2) is 0 Å². The van der Waals surface area contributed by atoms with Gasteiger partial charge in [-0.05, 0) is 24.6 Å². The molecule has 1 aromatic rings. The highest BCUT2D eigenvalue weighted by atomic mass is 35.5. The average Bonchev–Trinajstić information content (AvgIpc) is 3.04. The Morgan fingerprint density at radius 1 is 1.39 bits per heavy atom. The molecule has 23 heavy (non-hydrogen) atoms. The predicted octanol–water partition coefficient (Wildman–Crippen LogP) is 2.67. The van der Waals surface area contributed by atoms with E-state index in [9.17, 15) is 9.59 Å². The average molecular weight is 337 g/mol. The summed E-state index contributed by atoms with van der Waals surface area (Å²) in [5, 5.41) is 0.592. The lowest BCUT2D eigenvalue weighted by Crippen LogP contribution is -2.34. The van der Waals surface area contributed by atoms with Crippen molar-refractivity contribution >= 4 is 23.4 Å².